The Hall–Kier alpha value is -2.20. The highest BCUT2D eigenvalue weighted by atomic mass is 16.5. The second kappa shape index (κ2) is 6.99. The summed E-state index contributed by atoms with van der Waals surface area (Å²) in [5.41, 5.74) is -4.46. The van der Waals surface area contributed by atoms with E-state index >= 15 is 0 Å². The fourth-order valence-corrected chi connectivity index (χ4v) is 2.07. The van der Waals surface area contributed by atoms with Crippen LogP contribution in [-0.4, -0.2) is 50.5 Å². The van der Waals surface area contributed by atoms with Gasteiger partial charge in [0.2, 0.25) is 0 Å². The Balaban J connectivity index is 3.47. The van der Waals surface area contributed by atoms with Gasteiger partial charge in [-0.25, -0.2) is 19.0 Å². The van der Waals surface area contributed by atoms with Crippen LogP contribution in [0.3, 0.4) is 0 Å². The molecule has 1 aromatic heterocycles. The molecule has 0 aromatic carbocycles. The van der Waals surface area contributed by atoms with E-state index in [4.69, 9.17) is 14.9 Å². The molecule has 0 amide bonds. The zero-order valence-corrected chi connectivity index (χ0v) is 11.4. The molecule has 0 radical (unpaired) electrons. The molecule has 0 saturated carbocycles. The Morgan fingerprint density at radius 3 is 2.00 bits per heavy atom. The number of H-pyrrole nitrogens is 2. The second-order valence-corrected chi connectivity index (χ2v) is 4.48. The molecule has 0 aliphatic carbocycles. The molecule has 1 rings (SSSR count). The summed E-state index contributed by atoms with van der Waals surface area (Å²) >= 11 is 0. The normalized spacial score (nSPS) is 11.4. The van der Waals surface area contributed by atoms with Crippen molar-refractivity contribution < 1.29 is 19.7 Å². The van der Waals surface area contributed by atoms with Crippen LogP contribution < -0.4 is 17.1 Å². The summed E-state index contributed by atoms with van der Waals surface area (Å²) < 4.78 is 5.48. The minimum Gasteiger partial charge on any atom is -0.463 e. The molecule has 10 nitrogen and oxygen atoms in total. The SMILES string of the molecule is CC(=O)OCC(CCO)(CCO)n1c(=O)[nH]c(=O)[nH]c1=O. The van der Waals surface area contributed by atoms with E-state index in [1.807, 2.05) is 9.97 Å². The Morgan fingerprint density at radius 1 is 1.14 bits per heavy atom. The highest BCUT2D eigenvalue weighted by Gasteiger charge is 2.36. The molecule has 0 unspecified atom stereocenters. The van der Waals surface area contributed by atoms with Crippen molar-refractivity contribution in [3.63, 3.8) is 0 Å². The van der Waals surface area contributed by atoms with Crippen molar-refractivity contribution in [3.05, 3.63) is 31.5 Å². The Morgan fingerprint density at radius 2 is 1.62 bits per heavy atom. The van der Waals surface area contributed by atoms with E-state index in [-0.39, 0.29) is 12.8 Å². The summed E-state index contributed by atoms with van der Waals surface area (Å²) in [4.78, 5) is 49.6. The smallest absolute Gasteiger partial charge is 0.334 e. The number of ether oxygens (including phenoxy) is 1. The number of nitrogens with one attached hydrogen (secondary N) is 2. The number of aliphatic hydroxyl groups excluding tert-OH is 2. The summed E-state index contributed by atoms with van der Waals surface area (Å²) in [6.07, 6.45) is -0.258. The Bertz CT molecular complexity index is 617. The molecular formula is C11H17N3O7. The highest BCUT2D eigenvalue weighted by molar-refractivity contribution is 5.65. The first-order chi connectivity index (χ1) is 9.86. The molecule has 0 bridgehead atoms. The van der Waals surface area contributed by atoms with Crippen LogP contribution in [0, 0.1) is 0 Å². The zero-order chi connectivity index (χ0) is 16.0. The lowest BCUT2D eigenvalue weighted by atomic mass is 9.92. The monoisotopic (exact) mass is 303 g/mol. The van der Waals surface area contributed by atoms with Gasteiger partial charge in [0.05, 0.1) is 5.54 Å². The number of rotatable bonds is 7. The molecule has 0 atom stereocenters. The first-order valence-electron chi connectivity index (χ1n) is 6.17. The summed E-state index contributed by atoms with van der Waals surface area (Å²) in [7, 11) is 0. The van der Waals surface area contributed by atoms with E-state index in [2.05, 4.69) is 0 Å². The maximum absolute atomic E-state index is 11.9. The van der Waals surface area contributed by atoms with Crippen LogP contribution in [0.15, 0.2) is 14.4 Å². The Kier molecular flexibility index (Phi) is 5.61. The summed E-state index contributed by atoms with van der Waals surface area (Å²) in [5.74, 6) is -0.649. The molecule has 0 aliphatic rings. The van der Waals surface area contributed by atoms with Gasteiger partial charge < -0.3 is 14.9 Å². The second-order valence-electron chi connectivity index (χ2n) is 4.48. The van der Waals surface area contributed by atoms with E-state index in [1.165, 1.54) is 0 Å². The van der Waals surface area contributed by atoms with E-state index in [1.54, 1.807) is 0 Å². The van der Waals surface area contributed by atoms with Gasteiger partial charge in [-0.1, -0.05) is 0 Å². The largest absolute Gasteiger partial charge is 0.463 e. The van der Waals surface area contributed by atoms with Gasteiger partial charge in [-0.05, 0) is 12.8 Å². The first kappa shape index (κ1) is 16.9. The third-order valence-electron chi connectivity index (χ3n) is 3.02. The average molecular weight is 303 g/mol. The van der Waals surface area contributed by atoms with Crippen LogP contribution in [0.1, 0.15) is 19.8 Å². The molecule has 1 aromatic rings. The average Bonchev–Trinajstić information content (AvgIpc) is 2.35. The van der Waals surface area contributed by atoms with Crippen molar-refractivity contribution in [2.75, 3.05) is 19.8 Å². The molecule has 10 heteroatoms. The fourth-order valence-electron chi connectivity index (χ4n) is 2.07. The van der Waals surface area contributed by atoms with Crippen LogP contribution in [0.25, 0.3) is 0 Å². The van der Waals surface area contributed by atoms with Crippen molar-refractivity contribution in [3.8, 4) is 0 Å². The molecule has 0 saturated heterocycles. The Labute approximate surface area is 118 Å². The van der Waals surface area contributed by atoms with E-state index in [0.717, 1.165) is 6.92 Å². The number of esters is 1. The number of carbonyl (C=O) groups is 1. The molecule has 4 N–H and O–H groups in total. The first-order valence-corrected chi connectivity index (χ1v) is 6.17. The molecule has 0 aliphatic heterocycles. The highest BCUT2D eigenvalue weighted by Crippen LogP contribution is 2.22. The van der Waals surface area contributed by atoms with Gasteiger partial charge in [0.15, 0.2) is 0 Å². The number of aromatic nitrogens is 3. The quantitative estimate of drug-likeness (QED) is 0.398. The van der Waals surface area contributed by atoms with Crippen molar-refractivity contribution in [2.45, 2.75) is 25.3 Å². The molecule has 0 spiro atoms. The van der Waals surface area contributed by atoms with E-state index in [9.17, 15) is 19.2 Å². The zero-order valence-electron chi connectivity index (χ0n) is 11.4. The standard InChI is InChI=1S/C11H17N3O7/c1-7(17)21-6-11(2-4-15,3-5-16)14-9(19)12-8(18)13-10(14)20/h15-16H,2-6H2,1H3,(H2,12,13,18,19,20). The van der Waals surface area contributed by atoms with Crippen LogP contribution in [0.2, 0.25) is 0 Å². The van der Waals surface area contributed by atoms with Gasteiger partial charge in [-0.2, -0.15) is 0 Å². The minimum atomic E-state index is -1.45. The van der Waals surface area contributed by atoms with Crippen LogP contribution in [0.5, 0.6) is 0 Å². The van der Waals surface area contributed by atoms with Crippen LogP contribution in [0.4, 0.5) is 0 Å². The van der Waals surface area contributed by atoms with Gasteiger partial charge >= 0.3 is 23.0 Å². The van der Waals surface area contributed by atoms with Crippen molar-refractivity contribution in [2.24, 2.45) is 0 Å². The number of carbonyl (C=O) groups excluding carboxylic acids is 1. The third-order valence-corrected chi connectivity index (χ3v) is 3.02. The lowest BCUT2D eigenvalue weighted by Crippen LogP contribution is -2.56. The number of hydrogen-bond acceptors (Lipinski definition) is 7. The lowest BCUT2D eigenvalue weighted by molar-refractivity contribution is -0.145. The van der Waals surface area contributed by atoms with Gasteiger partial charge in [-0.15, -0.1) is 0 Å². The van der Waals surface area contributed by atoms with Gasteiger partial charge in [-0.3, -0.25) is 14.8 Å². The topological polar surface area (TPSA) is 154 Å². The predicted molar refractivity (Wildman–Crippen MR) is 70.0 cm³/mol. The molecule has 1 heterocycles. The van der Waals surface area contributed by atoms with Crippen molar-refractivity contribution in [1.29, 1.82) is 0 Å². The van der Waals surface area contributed by atoms with Gasteiger partial charge in [0.25, 0.3) is 0 Å². The number of nitrogens with zero attached hydrogens (tertiary/aromatic N) is 1. The van der Waals surface area contributed by atoms with Crippen LogP contribution >= 0.6 is 0 Å². The molecule has 118 valence electrons. The molecular weight excluding hydrogens is 286 g/mol. The van der Waals surface area contributed by atoms with Crippen molar-refractivity contribution >= 4 is 5.97 Å². The summed E-state index contributed by atoms with van der Waals surface area (Å²) in [6, 6.07) is 0. The maximum Gasteiger partial charge on any atom is 0.334 e. The van der Waals surface area contributed by atoms with Crippen molar-refractivity contribution in [1.82, 2.24) is 14.5 Å². The fraction of sp³-hybridized carbons (Fsp3) is 0.636. The number of hydrogen-bond donors (Lipinski definition) is 4. The molecule has 21 heavy (non-hydrogen) atoms. The van der Waals surface area contributed by atoms with E-state index < -0.39 is 48.4 Å². The predicted octanol–water partition coefficient (Wildman–Crippen LogP) is -2.75. The molecule has 0 fully saturated rings. The number of aromatic amines is 2. The van der Waals surface area contributed by atoms with Gasteiger partial charge in [0.1, 0.15) is 6.61 Å². The minimum absolute atomic E-state index is 0.129. The lowest BCUT2D eigenvalue weighted by Gasteiger charge is -2.32. The van der Waals surface area contributed by atoms with Gasteiger partial charge in [0, 0.05) is 20.1 Å². The van der Waals surface area contributed by atoms with Crippen LogP contribution in [-0.2, 0) is 15.1 Å². The maximum atomic E-state index is 11.9. The summed E-state index contributed by atoms with van der Waals surface area (Å²) in [6.45, 7) is -0.112. The summed E-state index contributed by atoms with van der Waals surface area (Å²) in [5, 5.41) is 18.3. The van der Waals surface area contributed by atoms with E-state index in [0.29, 0.717) is 4.57 Å². The number of aliphatic hydroxyl groups is 2. The third kappa shape index (κ3) is 3.89.